The van der Waals surface area contributed by atoms with Crippen molar-refractivity contribution in [2.75, 3.05) is 0 Å². The van der Waals surface area contributed by atoms with Crippen LogP contribution in [0.1, 0.15) is 44.2 Å². The van der Waals surface area contributed by atoms with E-state index >= 15 is 0 Å². The first-order chi connectivity index (χ1) is 8.94. The number of nitrogens with two attached hydrogens (primary N) is 1. The summed E-state index contributed by atoms with van der Waals surface area (Å²) in [5.74, 6) is 0.0824. The van der Waals surface area contributed by atoms with E-state index in [-0.39, 0.29) is 5.91 Å². The van der Waals surface area contributed by atoms with Crippen LogP contribution in [0, 0.1) is 6.92 Å². The van der Waals surface area contributed by atoms with Crippen molar-refractivity contribution in [2.45, 2.75) is 58.2 Å². The van der Waals surface area contributed by atoms with Crippen LogP contribution >= 0.6 is 0 Å². The van der Waals surface area contributed by atoms with Crippen molar-refractivity contribution in [3.05, 3.63) is 35.4 Å². The van der Waals surface area contributed by atoms with Crippen LogP contribution in [0.5, 0.6) is 0 Å². The van der Waals surface area contributed by atoms with Crippen molar-refractivity contribution in [1.29, 1.82) is 0 Å². The van der Waals surface area contributed by atoms with Crippen molar-refractivity contribution < 1.29 is 4.79 Å². The Kier molecular flexibility index (Phi) is 3.95. The summed E-state index contributed by atoms with van der Waals surface area (Å²) in [6.45, 7) is 6.56. The van der Waals surface area contributed by atoms with Crippen LogP contribution < -0.4 is 5.73 Å². The number of hydrogen-bond acceptors (Lipinski definition) is 2. The van der Waals surface area contributed by atoms with E-state index in [4.69, 9.17) is 5.73 Å². The Labute approximate surface area is 115 Å². The number of amides is 1. The monoisotopic (exact) mass is 260 g/mol. The maximum atomic E-state index is 12.6. The average Bonchev–Trinajstić information content (AvgIpc) is 3.19. The molecule has 104 valence electrons. The predicted molar refractivity (Wildman–Crippen MR) is 77.6 cm³/mol. The number of aryl methyl sites for hydroxylation is 1. The quantitative estimate of drug-likeness (QED) is 0.884. The fourth-order valence-electron chi connectivity index (χ4n) is 2.24. The molecule has 0 radical (unpaired) electrons. The zero-order valence-corrected chi connectivity index (χ0v) is 12.1. The second-order valence-corrected chi connectivity index (χ2v) is 5.92. The molecule has 1 saturated carbocycles. The summed E-state index contributed by atoms with van der Waals surface area (Å²) in [5.41, 5.74) is 7.79. The van der Waals surface area contributed by atoms with Gasteiger partial charge in [-0.15, -0.1) is 0 Å². The van der Waals surface area contributed by atoms with Crippen LogP contribution in [0.15, 0.2) is 24.3 Å². The van der Waals surface area contributed by atoms with Crippen LogP contribution in [-0.4, -0.2) is 22.4 Å². The van der Waals surface area contributed by atoms with Gasteiger partial charge in [0.05, 0.1) is 5.54 Å². The highest BCUT2D eigenvalue weighted by Gasteiger charge is 2.39. The molecule has 19 heavy (non-hydrogen) atoms. The van der Waals surface area contributed by atoms with Crippen molar-refractivity contribution >= 4 is 5.91 Å². The van der Waals surface area contributed by atoms with Gasteiger partial charge in [-0.25, -0.2) is 0 Å². The molecule has 2 N–H and O–H groups in total. The smallest absolute Gasteiger partial charge is 0.242 e. The number of hydrogen-bond donors (Lipinski definition) is 1. The van der Waals surface area contributed by atoms with Gasteiger partial charge in [-0.3, -0.25) is 4.79 Å². The first-order valence-electron chi connectivity index (χ1n) is 7.09. The van der Waals surface area contributed by atoms with Gasteiger partial charge in [-0.2, -0.15) is 0 Å². The van der Waals surface area contributed by atoms with Gasteiger partial charge in [0.1, 0.15) is 0 Å². The Hall–Kier alpha value is -1.35. The summed E-state index contributed by atoms with van der Waals surface area (Å²) >= 11 is 0. The van der Waals surface area contributed by atoms with Crippen LogP contribution in [0.3, 0.4) is 0 Å². The molecule has 2 rings (SSSR count). The zero-order chi connectivity index (χ0) is 14.0. The number of carbonyl (C=O) groups is 1. The third-order valence-electron chi connectivity index (χ3n) is 3.91. The Balaban J connectivity index is 2.15. The van der Waals surface area contributed by atoms with Gasteiger partial charge in [0, 0.05) is 12.6 Å². The van der Waals surface area contributed by atoms with Gasteiger partial charge >= 0.3 is 0 Å². The maximum Gasteiger partial charge on any atom is 0.242 e. The van der Waals surface area contributed by atoms with Gasteiger partial charge < -0.3 is 10.6 Å². The first kappa shape index (κ1) is 14.1. The highest BCUT2D eigenvalue weighted by Crippen LogP contribution is 2.30. The van der Waals surface area contributed by atoms with E-state index < -0.39 is 5.54 Å². The van der Waals surface area contributed by atoms with E-state index in [1.807, 2.05) is 24.8 Å². The number of carbonyl (C=O) groups excluding carboxylic acids is 1. The minimum atomic E-state index is -0.744. The second kappa shape index (κ2) is 5.33. The lowest BCUT2D eigenvalue weighted by atomic mass is 9.98. The lowest BCUT2D eigenvalue weighted by Crippen LogP contribution is -2.53. The van der Waals surface area contributed by atoms with Crippen molar-refractivity contribution in [1.82, 2.24) is 4.90 Å². The van der Waals surface area contributed by atoms with Gasteiger partial charge in [-0.1, -0.05) is 36.8 Å². The average molecular weight is 260 g/mol. The van der Waals surface area contributed by atoms with Crippen LogP contribution in [0.2, 0.25) is 0 Å². The minimum Gasteiger partial charge on any atom is -0.334 e. The van der Waals surface area contributed by atoms with Gasteiger partial charge in [-0.05, 0) is 38.7 Å². The third-order valence-corrected chi connectivity index (χ3v) is 3.91. The Morgan fingerprint density at radius 1 is 1.47 bits per heavy atom. The third kappa shape index (κ3) is 3.35. The molecule has 1 amide bonds. The summed E-state index contributed by atoms with van der Waals surface area (Å²) in [4.78, 5) is 14.5. The summed E-state index contributed by atoms with van der Waals surface area (Å²) in [7, 11) is 0. The fraction of sp³-hybridized carbons (Fsp3) is 0.562. The van der Waals surface area contributed by atoms with Crippen molar-refractivity contribution in [2.24, 2.45) is 5.73 Å². The minimum absolute atomic E-state index is 0.0824. The molecule has 1 unspecified atom stereocenters. The fourth-order valence-corrected chi connectivity index (χ4v) is 2.24. The first-order valence-corrected chi connectivity index (χ1v) is 7.09. The molecular formula is C16H24N2O. The molecule has 0 heterocycles. The van der Waals surface area contributed by atoms with Gasteiger partial charge in [0.25, 0.3) is 0 Å². The Morgan fingerprint density at radius 2 is 2.16 bits per heavy atom. The maximum absolute atomic E-state index is 12.6. The second-order valence-electron chi connectivity index (χ2n) is 5.92. The standard InChI is InChI=1S/C16H24N2O/c1-4-16(3,17)15(19)18(14-8-9-14)11-13-7-5-6-12(2)10-13/h5-7,10,14H,4,8-9,11,17H2,1-3H3. The molecule has 0 spiro atoms. The number of rotatable bonds is 5. The lowest BCUT2D eigenvalue weighted by Gasteiger charge is -2.31. The largest absolute Gasteiger partial charge is 0.334 e. The van der Waals surface area contributed by atoms with Crippen molar-refractivity contribution in [3.63, 3.8) is 0 Å². The molecule has 1 aliphatic carbocycles. The van der Waals surface area contributed by atoms with Gasteiger partial charge in [0.15, 0.2) is 0 Å². The molecule has 1 fully saturated rings. The highest BCUT2D eigenvalue weighted by molar-refractivity contribution is 5.86. The van der Waals surface area contributed by atoms with E-state index in [0.29, 0.717) is 19.0 Å². The van der Waals surface area contributed by atoms with Crippen LogP contribution in [-0.2, 0) is 11.3 Å². The van der Waals surface area contributed by atoms with Crippen LogP contribution in [0.4, 0.5) is 0 Å². The predicted octanol–water partition coefficient (Wildman–Crippen LogP) is 2.61. The summed E-state index contributed by atoms with van der Waals surface area (Å²) in [5, 5.41) is 0. The molecule has 3 heteroatoms. The number of nitrogens with zero attached hydrogens (tertiary/aromatic N) is 1. The van der Waals surface area contributed by atoms with Crippen molar-refractivity contribution in [3.8, 4) is 0 Å². The van der Waals surface area contributed by atoms with E-state index in [2.05, 4.69) is 25.1 Å². The summed E-state index contributed by atoms with van der Waals surface area (Å²) in [6.07, 6.45) is 2.89. The van der Waals surface area contributed by atoms with E-state index in [9.17, 15) is 4.79 Å². The molecule has 3 nitrogen and oxygen atoms in total. The molecule has 1 aliphatic rings. The molecule has 1 aromatic rings. The normalized spacial score (nSPS) is 17.9. The molecule has 1 aromatic carbocycles. The van der Waals surface area contributed by atoms with Gasteiger partial charge in [0.2, 0.25) is 5.91 Å². The SMILES string of the molecule is CCC(C)(N)C(=O)N(Cc1cccc(C)c1)C1CC1. The molecule has 0 aromatic heterocycles. The number of benzene rings is 1. The van der Waals surface area contributed by atoms with E-state index in [1.54, 1.807) is 0 Å². The van der Waals surface area contributed by atoms with Crippen LogP contribution in [0.25, 0.3) is 0 Å². The Morgan fingerprint density at radius 3 is 2.68 bits per heavy atom. The zero-order valence-electron chi connectivity index (χ0n) is 12.1. The molecular weight excluding hydrogens is 236 g/mol. The lowest BCUT2D eigenvalue weighted by molar-refractivity contribution is -0.137. The molecule has 1 atom stereocenters. The molecule has 0 aliphatic heterocycles. The summed E-state index contributed by atoms with van der Waals surface area (Å²) in [6, 6.07) is 8.73. The Bertz CT molecular complexity index is 464. The van der Waals surface area contributed by atoms with E-state index in [0.717, 1.165) is 12.8 Å². The topological polar surface area (TPSA) is 46.3 Å². The highest BCUT2D eigenvalue weighted by atomic mass is 16.2. The molecule has 0 saturated heterocycles. The van der Waals surface area contributed by atoms with E-state index in [1.165, 1.54) is 11.1 Å². The molecule has 0 bridgehead atoms. The summed E-state index contributed by atoms with van der Waals surface area (Å²) < 4.78 is 0.